The fraction of sp³-hybridized carbons (Fsp3) is 0.417. The van der Waals surface area contributed by atoms with Crippen molar-refractivity contribution in [2.75, 3.05) is 0 Å². The summed E-state index contributed by atoms with van der Waals surface area (Å²) in [6.07, 6.45) is 0. The molecule has 0 aromatic heterocycles. The summed E-state index contributed by atoms with van der Waals surface area (Å²) in [6.45, 7) is 0.431. The SMILES string of the molecule is CC(O)(O)C(O)(O)C(O)(O)C1(O)OC(=O)c2ccccc21. The predicted octanol–water partition coefficient (Wildman–Crippen LogP) is -2.94. The minimum atomic E-state index is -4.06. The molecule has 1 aromatic rings. The minimum Gasteiger partial charge on any atom is -0.419 e. The molecule has 1 atom stereocenters. The third-order valence-corrected chi connectivity index (χ3v) is 3.37. The Labute approximate surface area is 117 Å². The molecule has 21 heavy (non-hydrogen) atoms. The fourth-order valence-corrected chi connectivity index (χ4v) is 2.03. The first kappa shape index (κ1) is 15.8. The summed E-state index contributed by atoms with van der Waals surface area (Å²) in [5, 5.41) is 67.8. The Kier molecular flexibility index (Phi) is 3.17. The van der Waals surface area contributed by atoms with Crippen LogP contribution >= 0.6 is 0 Å². The first-order chi connectivity index (χ1) is 9.36. The van der Waals surface area contributed by atoms with Crippen molar-refractivity contribution in [2.45, 2.75) is 30.1 Å². The molecule has 0 spiro atoms. The normalized spacial score (nSPS) is 23.0. The molecular formula is C12H14O9. The van der Waals surface area contributed by atoms with Gasteiger partial charge in [-0.1, -0.05) is 18.2 Å². The van der Waals surface area contributed by atoms with Crippen LogP contribution < -0.4 is 0 Å². The van der Waals surface area contributed by atoms with Gasteiger partial charge in [-0.15, -0.1) is 0 Å². The molecule has 0 fully saturated rings. The molecule has 0 radical (unpaired) electrons. The van der Waals surface area contributed by atoms with E-state index in [2.05, 4.69) is 4.74 Å². The number of ether oxygens (including phenoxy) is 1. The van der Waals surface area contributed by atoms with Crippen molar-refractivity contribution in [2.24, 2.45) is 0 Å². The number of hydrogen-bond acceptors (Lipinski definition) is 9. The zero-order valence-corrected chi connectivity index (χ0v) is 10.8. The lowest BCUT2D eigenvalue weighted by atomic mass is 9.85. The maximum atomic E-state index is 11.6. The van der Waals surface area contributed by atoms with Gasteiger partial charge in [-0.3, -0.25) is 0 Å². The first-order valence-electron chi connectivity index (χ1n) is 5.75. The van der Waals surface area contributed by atoms with Gasteiger partial charge in [-0.05, 0) is 13.0 Å². The Morgan fingerprint density at radius 1 is 1.05 bits per heavy atom. The van der Waals surface area contributed by atoms with Gasteiger partial charge in [0.2, 0.25) is 5.79 Å². The molecule has 0 bridgehead atoms. The van der Waals surface area contributed by atoms with Gasteiger partial charge in [0, 0.05) is 5.56 Å². The molecule has 0 aliphatic carbocycles. The van der Waals surface area contributed by atoms with Gasteiger partial charge < -0.3 is 40.5 Å². The van der Waals surface area contributed by atoms with Crippen LogP contribution in [0.1, 0.15) is 22.8 Å². The van der Waals surface area contributed by atoms with Crippen LogP contribution in [0.2, 0.25) is 0 Å². The third-order valence-electron chi connectivity index (χ3n) is 3.37. The smallest absolute Gasteiger partial charge is 0.341 e. The quantitative estimate of drug-likeness (QED) is 0.228. The Bertz CT molecular complexity index is 587. The van der Waals surface area contributed by atoms with Gasteiger partial charge in [0.1, 0.15) is 0 Å². The summed E-state index contributed by atoms with van der Waals surface area (Å²) in [7, 11) is 0. The van der Waals surface area contributed by atoms with Crippen molar-refractivity contribution in [1.82, 2.24) is 0 Å². The number of rotatable bonds is 3. The third kappa shape index (κ3) is 1.88. The van der Waals surface area contributed by atoms with E-state index in [4.69, 9.17) is 0 Å². The minimum absolute atomic E-state index is 0.249. The second kappa shape index (κ2) is 4.21. The number of fused-ring (bicyclic) bond motifs is 1. The van der Waals surface area contributed by atoms with Gasteiger partial charge in [0.15, 0.2) is 0 Å². The van der Waals surface area contributed by atoms with Gasteiger partial charge in [-0.25, -0.2) is 4.79 Å². The highest BCUT2D eigenvalue weighted by Gasteiger charge is 2.73. The predicted molar refractivity (Wildman–Crippen MR) is 62.9 cm³/mol. The molecule has 0 saturated heterocycles. The van der Waals surface area contributed by atoms with Crippen LogP contribution in [0.4, 0.5) is 0 Å². The highest BCUT2D eigenvalue weighted by atomic mass is 16.7. The summed E-state index contributed by atoms with van der Waals surface area (Å²) in [5.41, 5.74) is -0.724. The van der Waals surface area contributed by atoms with Crippen LogP contribution in [0, 0.1) is 0 Å². The Balaban J connectivity index is 2.63. The van der Waals surface area contributed by atoms with E-state index in [-0.39, 0.29) is 5.56 Å². The average molecular weight is 302 g/mol. The lowest BCUT2D eigenvalue weighted by Crippen LogP contribution is -2.74. The summed E-state index contributed by atoms with van der Waals surface area (Å²) in [4.78, 5) is 11.6. The highest BCUT2D eigenvalue weighted by molar-refractivity contribution is 5.94. The van der Waals surface area contributed by atoms with E-state index in [9.17, 15) is 40.5 Å². The number of cyclic esters (lactones) is 1. The van der Waals surface area contributed by atoms with Crippen LogP contribution in [0.3, 0.4) is 0 Å². The van der Waals surface area contributed by atoms with E-state index < -0.39 is 34.7 Å². The fourth-order valence-electron chi connectivity index (χ4n) is 2.03. The lowest BCUT2D eigenvalue weighted by molar-refractivity contribution is -0.503. The topological polar surface area (TPSA) is 168 Å². The number of benzene rings is 1. The van der Waals surface area contributed by atoms with Crippen LogP contribution in [-0.4, -0.2) is 59.1 Å². The van der Waals surface area contributed by atoms with Gasteiger partial charge in [0.25, 0.3) is 17.4 Å². The molecule has 9 nitrogen and oxygen atoms in total. The largest absolute Gasteiger partial charge is 0.419 e. The Morgan fingerprint density at radius 2 is 1.57 bits per heavy atom. The molecule has 1 heterocycles. The Hall–Kier alpha value is -1.59. The van der Waals surface area contributed by atoms with Gasteiger partial charge in [-0.2, -0.15) is 0 Å². The molecule has 7 N–H and O–H groups in total. The lowest BCUT2D eigenvalue weighted by Gasteiger charge is -2.46. The molecule has 1 aliphatic heterocycles. The highest BCUT2D eigenvalue weighted by Crippen LogP contribution is 2.46. The maximum absolute atomic E-state index is 11.6. The molecule has 0 amide bonds. The van der Waals surface area contributed by atoms with E-state index in [1.165, 1.54) is 18.2 Å². The van der Waals surface area contributed by atoms with Crippen LogP contribution in [0.15, 0.2) is 24.3 Å². The van der Waals surface area contributed by atoms with E-state index in [0.29, 0.717) is 6.92 Å². The van der Waals surface area contributed by atoms with E-state index in [1.54, 1.807) is 0 Å². The molecule has 9 heteroatoms. The van der Waals surface area contributed by atoms with E-state index >= 15 is 0 Å². The Morgan fingerprint density at radius 3 is 2.10 bits per heavy atom. The zero-order chi connectivity index (χ0) is 16.3. The second-order valence-electron chi connectivity index (χ2n) is 4.94. The molecule has 1 aliphatic rings. The van der Waals surface area contributed by atoms with Crippen molar-refractivity contribution in [3.8, 4) is 0 Å². The number of esters is 1. The average Bonchev–Trinajstić information content (AvgIpc) is 2.62. The number of carbonyl (C=O) groups is 1. The van der Waals surface area contributed by atoms with Gasteiger partial charge in [0.05, 0.1) is 5.56 Å². The number of hydrogen-bond donors (Lipinski definition) is 7. The van der Waals surface area contributed by atoms with E-state index in [0.717, 1.165) is 6.07 Å². The molecule has 0 saturated carbocycles. The van der Waals surface area contributed by atoms with Crippen LogP contribution in [0.5, 0.6) is 0 Å². The van der Waals surface area contributed by atoms with Gasteiger partial charge >= 0.3 is 5.97 Å². The first-order valence-corrected chi connectivity index (χ1v) is 5.75. The van der Waals surface area contributed by atoms with Crippen molar-refractivity contribution in [1.29, 1.82) is 0 Å². The second-order valence-corrected chi connectivity index (χ2v) is 4.94. The monoisotopic (exact) mass is 302 g/mol. The van der Waals surface area contributed by atoms with Crippen LogP contribution in [0.25, 0.3) is 0 Å². The summed E-state index contributed by atoms with van der Waals surface area (Å²) in [5.74, 6) is -16.1. The number of carbonyl (C=O) groups excluding carboxylic acids is 1. The molecule has 2 rings (SSSR count). The van der Waals surface area contributed by atoms with Crippen molar-refractivity contribution >= 4 is 5.97 Å². The van der Waals surface area contributed by atoms with E-state index in [1.807, 2.05) is 0 Å². The molecule has 1 aromatic carbocycles. The summed E-state index contributed by atoms with van der Waals surface area (Å²) < 4.78 is 4.44. The zero-order valence-electron chi connectivity index (χ0n) is 10.8. The molecule has 1 unspecified atom stereocenters. The summed E-state index contributed by atoms with van der Waals surface area (Å²) in [6, 6.07) is 4.98. The maximum Gasteiger partial charge on any atom is 0.341 e. The number of aliphatic hydroxyl groups is 7. The van der Waals surface area contributed by atoms with Crippen LogP contribution in [-0.2, 0) is 10.5 Å². The van der Waals surface area contributed by atoms with Crippen molar-refractivity contribution in [3.05, 3.63) is 35.4 Å². The molecular weight excluding hydrogens is 288 g/mol. The standard InChI is InChI=1S/C12H14O9/c1-9(14,15)11(17,18)12(19,20)10(16)7-5-3-2-4-6(7)8(13)21-10/h2-5,14-20H,1H3. The van der Waals surface area contributed by atoms with Crippen molar-refractivity contribution < 1.29 is 45.3 Å². The summed E-state index contributed by atoms with van der Waals surface area (Å²) >= 11 is 0. The van der Waals surface area contributed by atoms with Crippen molar-refractivity contribution in [3.63, 3.8) is 0 Å². The molecule has 116 valence electrons.